The third kappa shape index (κ3) is 6.26. The monoisotopic (exact) mass is 564 g/mol. The van der Waals surface area contributed by atoms with Gasteiger partial charge >= 0.3 is 6.36 Å². The lowest BCUT2D eigenvalue weighted by Gasteiger charge is -2.16. The highest BCUT2D eigenvalue weighted by Gasteiger charge is 2.31. The first-order valence-electron chi connectivity index (χ1n) is 12.1. The molecule has 204 valence electrons. The molecule has 0 bridgehead atoms. The van der Waals surface area contributed by atoms with Crippen LogP contribution in [-0.4, -0.2) is 41.0 Å². The molecular weight excluding hydrogens is 541 g/mol. The number of hydrogen-bond donors (Lipinski definition) is 2. The molecule has 2 heterocycles. The number of para-hydroxylation sites is 1. The van der Waals surface area contributed by atoms with E-state index in [1.54, 1.807) is 6.33 Å². The van der Waals surface area contributed by atoms with Crippen molar-refractivity contribution < 1.29 is 17.9 Å². The van der Waals surface area contributed by atoms with E-state index in [4.69, 9.17) is 12.2 Å². The number of alkyl halides is 3. The predicted molar refractivity (Wildman–Crippen MR) is 149 cm³/mol. The van der Waals surface area contributed by atoms with Crippen molar-refractivity contribution in [1.82, 2.24) is 29.5 Å². The van der Waals surface area contributed by atoms with Gasteiger partial charge in [-0.2, -0.15) is 0 Å². The van der Waals surface area contributed by atoms with Crippen LogP contribution in [0.15, 0.2) is 85.5 Å². The second-order valence-electron chi connectivity index (χ2n) is 8.91. The van der Waals surface area contributed by atoms with Gasteiger partial charge in [0.1, 0.15) is 18.4 Å². The van der Waals surface area contributed by atoms with Crippen molar-refractivity contribution in [2.24, 2.45) is 0 Å². The first-order chi connectivity index (χ1) is 19.2. The van der Waals surface area contributed by atoms with Gasteiger partial charge in [-0.25, -0.2) is 9.67 Å². The minimum Gasteiger partial charge on any atom is -0.406 e. The van der Waals surface area contributed by atoms with Gasteiger partial charge in [-0.3, -0.25) is 0 Å². The zero-order valence-electron chi connectivity index (χ0n) is 21.3. The highest BCUT2D eigenvalue weighted by atomic mass is 32.1. The number of aromatic nitrogens is 6. The molecule has 40 heavy (non-hydrogen) atoms. The number of nitrogens with one attached hydrogen (secondary N) is 2. The Labute approximate surface area is 232 Å². The Balaban J connectivity index is 1.24. The maximum Gasteiger partial charge on any atom is 0.573 e. The van der Waals surface area contributed by atoms with E-state index >= 15 is 0 Å². The van der Waals surface area contributed by atoms with Gasteiger partial charge < -0.3 is 19.9 Å². The average molecular weight is 565 g/mol. The molecule has 0 aliphatic heterocycles. The molecule has 0 saturated carbocycles. The van der Waals surface area contributed by atoms with Gasteiger partial charge in [0.2, 0.25) is 0 Å². The van der Waals surface area contributed by atoms with E-state index in [1.807, 2.05) is 53.1 Å². The summed E-state index contributed by atoms with van der Waals surface area (Å²) in [6.07, 6.45) is -1.56. The summed E-state index contributed by atoms with van der Waals surface area (Å²) in [5, 5.41) is 19.6. The lowest BCUT2D eigenvalue weighted by molar-refractivity contribution is -0.274. The van der Waals surface area contributed by atoms with Gasteiger partial charge in [0.05, 0.1) is 11.4 Å². The molecule has 0 aliphatic rings. The summed E-state index contributed by atoms with van der Waals surface area (Å²) in [6, 6.07) is 20.6. The highest BCUT2D eigenvalue weighted by molar-refractivity contribution is 7.80. The second kappa shape index (κ2) is 11.1. The smallest absolute Gasteiger partial charge is 0.406 e. The number of benzene rings is 3. The third-order valence-electron chi connectivity index (χ3n) is 5.77. The van der Waals surface area contributed by atoms with Crippen molar-refractivity contribution >= 4 is 28.7 Å². The molecule has 0 spiro atoms. The normalized spacial score (nSPS) is 11.4. The lowest BCUT2D eigenvalue weighted by Crippen LogP contribution is -2.19. The van der Waals surface area contributed by atoms with Crippen LogP contribution in [0.1, 0.15) is 19.9 Å². The molecule has 0 radical (unpaired) electrons. The Morgan fingerprint density at radius 1 is 0.925 bits per heavy atom. The Kier molecular flexibility index (Phi) is 7.47. The third-order valence-corrected chi connectivity index (χ3v) is 5.98. The van der Waals surface area contributed by atoms with Crippen LogP contribution >= 0.6 is 12.2 Å². The molecule has 5 aromatic rings. The van der Waals surface area contributed by atoms with Crippen molar-refractivity contribution in [3.63, 3.8) is 0 Å². The summed E-state index contributed by atoms with van der Waals surface area (Å²) in [5.74, 6) is 0.878. The van der Waals surface area contributed by atoms with Crippen LogP contribution in [0.3, 0.4) is 0 Å². The number of hydrogen-bond acceptors (Lipinski definition) is 6. The number of anilines is 2. The Bertz CT molecular complexity index is 1610. The molecule has 0 saturated heterocycles. The minimum absolute atomic E-state index is 0.195. The molecule has 5 rings (SSSR count). The fraction of sp³-hybridized carbons (Fsp3) is 0.148. The number of halogens is 3. The number of nitrogens with zero attached hydrogens (tertiary/aromatic N) is 6. The molecule has 13 heteroatoms. The maximum atomic E-state index is 12.4. The summed E-state index contributed by atoms with van der Waals surface area (Å²) in [6.45, 7) is 4.13. The second-order valence-corrected chi connectivity index (χ2v) is 9.32. The van der Waals surface area contributed by atoms with Crippen LogP contribution < -0.4 is 15.4 Å². The SMILES string of the molecule is CC(C)n1cnnc1-c1ccccc1NC(=S)Nc1ccc(-c2ncn(-c3ccc(OC(F)(F)F)cc3)n2)cc1. The zero-order valence-corrected chi connectivity index (χ0v) is 22.1. The van der Waals surface area contributed by atoms with Crippen molar-refractivity contribution in [1.29, 1.82) is 0 Å². The van der Waals surface area contributed by atoms with Gasteiger partial charge in [-0.1, -0.05) is 12.1 Å². The van der Waals surface area contributed by atoms with Crippen LogP contribution in [0.2, 0.25) is 0 Å². The van der Waals surface area contributed by atoms with Crippen LogP contribution in [-0.2, 0) is 0 Å². The molecule has 0 unspecified atom stereocenters. The predicted octanol–water partition coefficient (Wildman–Crippen LogP) is 6.48. The summed E-state index contributed by atoms with van der Waals surface area (Å²) in [5.41, 5.74) is 3.70. The Morgan fingerprint density at radius 3 is 2.35 bits per heavy atom. The molecular formula is C27H23F3N8OS. The van der Waals surface area contributed by atoms with E-state index in [0.29, 0.717) is 16.6 Å². The number of ether oxygens (including phenoxy) is 1. The standard InChI is InChI=1S/C27H23F3N8OS/c1-17(2)37-16-32-35-25(37)22-5-3-4-6-23(22)34-26(40)33-19-9-7-18(8-10-19)24-31-15-38(36-24)20-11-13-21(14-12-20)39-27(28,29)30/h3-17H,1-2H3,(H2,33,34,40). The van der Waals surface area contributed by atoms with Crippen LogP contribution in [0.5, 0.6) is 5.75 Å². The zero-order chi connectivity index (χ0) is 28.3. The molecule has 0 aliphatic carbocycles. The first kappa shape index (κ1) is 26.8. The fourth-order valence-corrected chi connectivity index (χ4v) is 4.14. The van der Waals surface area contributed by atoms with E-state index in [0.717, 1.165) is 28.3 Å². The summed E-state index contributed by atoms with van der Waals surface area (Å²) in [7, 11) is 0. The molecule has 9 nitrogen and oxygen atoms in total. The fourth-order valence-electron chi connectivity index (χ4n) is 3.91. The summed E-state index contributed by atoms with van der Waals surface area (Å²) in [4.78, 5) is 4.31. The molecule has 3 aromatic carbocycles. The quantitative estimate of drug-likeness (QED) is 0.217. The van der Waals surface area contributed by atoms with Crippen molar-refractivity contribution in [2.75, 3.05) is 10.6 Å². The average Bonchev–Trinajstić information content (AvgIpc) is 3.60. The number of thiocarbonyl (C=S) groups is 1. The number of rotatable bonds is 7. The van der Waals surface area contributed by atoms with E-state index in [1.165, 1.54) is 35.3 Å². The van der Waals surface area contributed by atoms with E-state index < -0.39 is 6.36 Å². The topological polar surface area (TPSA) is 94.7 Å². The molecule has 2 aromatic heterocycles. The minimum atomic E-state index is -4.75. The van der Waals surface area contributed by atoms with Crippen molar-refractivity contribution in [2.45, 2.75) is 26.3 Å². The first-order valence-corrected chi connectivity index (χ1v) is 12.5. The summed E-state index contributed by atoms with van der Waals surface area (Å²) < 4.78 is 44.5. The summed E-state index contributed by atoms with van der Waals surface area (Å²) >= 11 is 5.55. The van der Waals surface area contributed by atoms with Gasteiger partial charge in [-0.15, -0.1) is 28.5 Å². The molecule has 0 atom stereocenters. The highest BCUT2D eigenvalue weighted by Crippen LogP contribution is 2.28. The largest absolute Gasteiger partial charge is 0.573 e. The Morgan fingerprint density at radius 2 is 1.65 bits per heavy atom. The van der Waals surface area contributed by atoms with E-state index in [-0.39, 0.29) is 11.8 Å². The van der Waals surface area contributed by atoms with Crippen LogP contribution in [0.4, 0.5) is 24.5 Å². The molecule has 0 fully saturated rings. The van der Waals surface area contributed by atoms with Crippen LogP contribution in [0, 0.1) is 0 Å². The van der Waals surface area contributed by atoms with Crippen molar-refractivity contribution in [3.05, 3.63) is 85.5 Å². The van der Waals surface area contributed by atoms with E-state index in [9.17, 15) is 13.2 Å². The van der Waals surface area contributed by atoms with Gasteiger partial charge in [0.25, 0.3) is 0 Å². The van der Waals surface area contributed by atoms with E-state index in [2.05, 4.69) is 49.5 Å². The maximum absolute atomic E-state index is 12.4. The van der Waals surface area contributed by atoms with Crippen LogP contribution in [0.25, 0.3) is 28.5 Å². The van der Waals surface area contributed by atoms with Gasteiger partial charge in [0.15, 0.2) is 16.8 Å². The van der Waals surface area contributed by atoms with Gasteiger partial charge in [-0.05, 0) is 86.7 Å². The van der Waals surface area contributed by atoms with Crippen molar-refractivity contribution in [3.8, 4) is 34.2 Å². The van der Waals surface area contributed by atoms with Gasteiger partial charge in [0, 0.05) is 22.9 Å². The Hall–Kier alpha value is -4.78. The molecule has 2 N–H and O–H groups in total. The molecule has 0 amide bonds. The lowest BCUT2D eigenvalue weighted by atomic mass is 10.1.